The molecule has 0 saturated heterocycles. The molecular formula is C22H23NO3. The van der Waals surface area contributed by atoms with Crippen LogP contribution in [0, 0.1) is 0 Å². The molecule has 3 aromatic rings. The molecular weight excluding hydrogens is 326 g/mol. The molecule has 0 aliphatic heterocycles. The van der Waals surface area contributed by atoms with E-state index in [1.54, 1.807) is 13.2 Å². The molecule has 2 aromatic carbocycles. The average molecular weight is 349 g/mol. The third-order valence-electron chi connectivity index (χ3n) is 5.12. The number of para-hydroxylation sites is 1. The monoisotopic (exact) mass is 349 g/mol. The molecule has 134 valence electrons. The molecule has 4 rings (SSSR count). The van der Waals surface area contributed by atoms with Gasteiger partial charge < -0.3 is 9.15 Å². The number of hydrogen-bond acceptors (Lipinski definition) is 4. The summed E-state index contributed by atoms with van der Waals surface area (Å²) in [5.41, 5.74) is 5.28. The second kappa shape index (κ2) is 6.96. The summed E-state index contributed by atoms with van der Waals surface area (Å²) in [6.45, 7) is 1.43. The minimum Gasteiger partial charge on any atom is -0.496 e. The molecule has 0 unspecified atom stereocenters. The lowest BCUT2D eigenvalue weighted by Gasteiger charge is -2.19. The van der Waals surface area contributed by atoms with Gasteiger partial charge in [0.05, 0.1) is 7.11 Å². The number of hydrogen-bond donors (Lipinski definition) is 0. The van der Waals surface area contributed by atoms with Gasteiger partial charge in [-0.2, -0.15) is 0 Å². The molecule has 0 atom stereocenters. The smallest absolute Gasteiger partial charge is 0.336 e. The van der Waals surface area contributed by atoms with Crippen LogP contribution >= 0.6 is 0 Å². The Morgan fingerprint density at radius 3 is 2.58 bits per heavy atom. The first kappa shape index (κ1) is 16.9. The summed E-state index contributed by atoms with van der Waals surface area (Å²) in [7, 11) is 3.75. The minimum atomic E-state index is -0.281. The van der Waals surface area contributed by atoms with Gasteiger partial charge in [0.1, 0.15) is 11.3 Å². The molecule has 0 spiro atoms. The second-order valence-corrected chi connectivity index (χ2v) is 7.05. The molecule has 4 heteroatoms. The van der Waals surface area contributed by atoms with Crippen molar-refractivity contribution in [3.8, 4) is 5.75 Å². The van der Waals surface area contributed by atoms with Crippen LogP contribution in [0.2, 0.25) is 0 Å². The predicted octanol–water partition coefficient (Wildman–Crippen LogP) is 3.92. The van der Waals surface area contributed by atoms with Gasteiger partial charge >= 0.3 is 5.63 Å². The van der Waals surface area contributed by atoms with E-state index in [0.29, 0.717) is 12.1 Å². The van der Waals surface area contributed by atoms with E-state index in [9.17, 15) is 4.79 Å². The van der Waals surface area contributed by atoms with Crippen LogP contribution in [0.15, 0.2) is 51.7 Å². The molecule has 0 N–H and O–H groups in total. The predicted molar refractivity (Wildman–Crippen MR) is 103 cm³/mol. The van der Waals surface area contributed by atoms with Crippen molar-refractivity contribution in [3.63, 3.8) is 0 Å². The van der Waals surface area contributed by atoms with Gasteiger partial charge in [0.2, 0.25) is 0 Å². The maximum Gasteiger partial charge on any atom is 0.336 e. The van der Waals surface area contributed by atoms with Gasteiger partial charge in [-0.05, 0) is 61.2 Å². The van der Waals surface area contributed by atoms with Crippen LogP contribution in [-0.4, -0.2) is 19.1 Å². The summed E-state index contributed by atoms with van der Waals surface area (Å²) in [5.74, 6) is 0.884. The average Bonchev–Trinajstić information content (AvgIpc) is 3.07. The third kappa shape index (κ3) is 3.25. The first-order chi connectivity index (χ1) is 12.6. The van der Waals surface area contributed by atoms with Crippen molar-refractivity contribution in [1.29, 1.82) is 0 Å². The maximum atomic E-state index is 12.0. The Morgan fingerprint density at radius 1 is 1.04 bits per heavy atom. The zero-order valence-electron chi connectivity index (χ0n) is 15.2. The van der Waals surface area contributed by atoms with Crippen LogP contribution in [0.3, 0.4) is 0 Å². The van der Waals surface area contributed by atoms with Gasteiger partial charge in [-0.25, -0.2) is 4.79 Å². The summed E-state index contributed by atoms with van der Waals surface area (Å²) in [6.07, 6.45) is 3.37. The standard InChI is InChI=1S/C22H23NO3/c1-23(13-17-6-3-4-9-20(17)25-2)14-18-12-22(24)26-21-11-16-8-5-7-15(16)10-19(18)21/h3-4,6,9-12H,5,7-8,13-14H2,1-2H3. The fourth-order valence-corrected chi connectivity index (χ4v) is 3.90. The van der Waals surface area contributed by atoms with Crippen molar-refractivity contribution >= 4 is 11.0 Å². The van der Waals surface area contributed by atoms with Crippen LogP contribution in [0.5, 0.6) is 5.75 Å². The molecule has 26 heavy (non-hydrogen) atoms. The fourth-order valence-electron chi connectivity index (χ4n) is 3.90. The van der Waals surface area contributed by atoms with Crippen LogP contribution in [0.4, 0.5) is 0 Å². The Hall–Kier alpha value is -2.59. The molecule has 1 aliphatic carbocycles. The van der Waals surface area contributed by atoms with Crippen LogP contribution in [-0.2, 0) is 25.9 Å². The molecule has 1 heterocycles. The molecule has 0 bridgehead atoms. The third-order valence-corrected chi connectivity index (χ3v) is 5.12. The molecule has 0 saturated carbocycles. The molecule has 0 fully saturated rings. The van der Waals surface area contributed by atoms with Crippen molar-refractivity contribution in [2.45, 2.75) is 32.4 Å². The number of nitrogens with zero attached hydrogens (tertiary/aromatic N) is 1. The number of rotatable bonds is 5. The van der Waals surface area contributed by atoms with E-state index in [4.69, 9.17) is 9.15 Å². The van der Waals surface area contributed by atoms with E-state index in [0.717, 1.165) is 41.6 Å². The topological polar surface area (TPSA) is 42.7 Å². The Bertz CT molecular complexity index is 1010. The normalized spacial score (nSPS) is 13.3. The SMILES string of the molecule is COc1ccccc1CN(C)Cc1cc(=O)oc2cc3c(cc12)CCC3. The van der Waals surface area contributed by atoms with Gasteiger partial charge in [-0.1, -0.05) is 18.2 Å². The summed E-state index contributed by atoms with van der Waals surface area (Å²) in [5, 5.41) is 1.05. The highest BCUT2D eigenvalue weighted by atomic mass is 16.5. The van der Waals surface area contributed by atoms with Crippen LogP contribution < -0.4 is 10.4 Å². The number of fused-ring (bicyclic) bond motifs is 2. The summed E-state index contributed by atoms with van der Waals surface area (Å²) in [6, 6.07) is 13.9. The van der Waals surface area contributed by atoms with Crippen molar-refractivity contribution < 1.29 is 9.15 Å². The Balaban J connectivity index is 1.65. The van der Waals surface area contributed by atoms with Gasteiger partial charge in [-0.15, -0.1) is 0 Å². The minimum absolute atomic E-state index is 0.281. The van der Waals surface area contributed by atoms with Gasteiger partial charge in [0.15, 0.2) is 0 Å². The van der Waals surface area contributed by atoms with E-state index >= 15 is 0 Å². The first-order valence-corrected chi connectivity index (χ1v) is 9.03. The molecule has 0 amide bonds. The van der Waals surface area contributed by atoms with Crippen molar-refractivity contribution in [3.05, 3.63) is 75.1 Å². The molecule has 4 nitrogen and oxygen atoms in total. The first-order valence-electron chi connectivity index (χ1n) is 9.03. The lowest BCUT2D eigenvalue weighted by molar-refractivity contribution is 0.310. The Labute approximate surface area is 153 Å². The van der Waals surface area contributed by atoms with E-state index in [1.807, 2.05) is 18.2 Å². The highest BCUT2D eigenvalue weighted by molar-refractivity contribution is 5.82. The van der Waals surface area contributed by atoms with Gasteiger partial charge in [-0.3, -0.25) is 4.90 Å². The second-order valence-electron chi connectivity index (χ2n) is 7.05. The maximum absolute atomic E-state index is 12.0. The van der Waals surface area contributed by atoms with E-state index in [2.05, 4.69) is 30.1 Å². The largest absolute Gasteiger partial charge is 0.496 e. The van der Waals surface area contributed by atoms with Crippen LogP contribution in [0.1, 0.15) is 28.7 Å². The lowest BCUT2D eigenvalue weighted by Crippen LogP contribution is -2.19. The molecule has 1 aromatic heterocycles. The summed E-state index contributed by atoms with van der Waals surface area (Å²) >= 11 is 0. The quantitative estimate of drug-likeness (QED) is 0.655. The number of aryl methyl sites for hydroxylation is 2. The van der Waals surface area contributed by atoms with E-state index in [-0.39, 0.29) is 5.63 Å². The zero-order chi connectivity index (χ0) is 18.1. The fraction of sp³-hybridized carbons (Fsp3) is 0.318. The number of benzene rings is 2. The van der Waals surface area contributed by atoms with Crippen molar-refractivity contribution in [2.75, 3.05) is 14.2 Å². The van der Waals surface area contributed by atoms with Crippen molar-refractivity contribution in [2.24, 2.45) is 0 Å². The van der Waals surface area contributed by atoms with E-state index in [1.165, 1.54) is 17.5 Å². The Kier molecular flexibility index (Phi) is 4.51. The van der Waals surface area contributed by atoms with Crippen LogP contribution in [0.25, 0.3) is 11.0 Å². The van der Waals surface area contributed by atoms with Crippen molar-refractivity contribution in [1.82, 2.24) is 4.90 Å². The number of methoxy groups -OCH3 is 1. The van der Waals surface area contributed by atoms with E-state index < -0.39 is 0 Å². The zero-order valence-corrected chi connectivity index (χ0v) is 15.2. The molecule has 1 aliphatic rings. The lowest BCUT2D eigenvalue weighted by atomic mass is 10.0. The highest BCUT2D eigenvalue weighted by Crippen LogP contribution is 2.29. The van der Waals surface area contributed by atoms with Gasteiger partial charge in [0, 0.05) is 30.1 Å². The van der Waals surface area contributed by atoms with Gasteiger partial charge in [0.25, 0.3) is 0 Å². The molecule has 0 radical (unpaired) electrons. The summed E-state index contributed by atoms with van der Waals surface area (Å²) < 4.78 is 10.9. The number of ether oxygens (including phenoxy) is 1. The highest BCUT2D eigenvalue weighted by Gasteiger charge is 2.16. The summed E-state index contributed by atoms with van der Waals surface area (Å²) in [4.78, 5) is 14.2. The Morgan fingerprint density at radius 2 is 1.77 bits per heavy atom.